The summed E-state index contributed by atoms with van der Waals surface area (Å²) in [7, 11) is 0. The minimum Gasteiger partial charge on any atom is -0.329 e. The van der Waals surface area contributed by atoms with Gasteiger partial charge in [0.05, 0.1) is 0 Å². The molecular weight excluding hydrogens is 138 g/mol. The summed E-state index contributed by atoms with van der Waals surface area (Å²) >= 11 is 0. The molecule has 0 aromatic carbocycles. The van der Waals surface area contributed by atoms with E-state index in [-0.39, 0.29) is 13.0 Å². The first-order valence-electron chi connectivity index (χ1n) is 3.39. The van der Waals surface area contributed by atoms with E-state index in [1.54, 1.807) is 12.3 Å². The van der Waals surface area contributed by atoms with Gasteiger partial charge in [0.1, 0.15) is 0 Å². The number of rotatable bonds is 1. The van der Waals surface area contributed by atoms with Gasteiger partial charge in [-0.2, -0.15) is 0 Å². The maximum atomic E-state index is 10.7. The summed E-state index contributed by atoms with van der Waals surface area (Å²) < 4.78 is 0. The van der Waals surface area contributed by atoms with E-state index in [9.17, 15) is 4.79 Å². The number of pyridine rings is 1. The predicted molar refractivity (Wildman–Crippen MR) is 47.9 cm³/mol. The summed E-state index contributed by atoms with van der Waals surface area (Å²) in [5.74, 6) is 0.433. The van der Waals surface area contributed by atoms with Gasteiger partial charge in [-0.15, -0.1) is 0 Å². The molecule has 2 nitrogen and oxygen atoms in total. The second kappa shape index (κ2) is 3.96. The van der Waals surface area contributed by atoms with Crippen LogP contribution in [0.4, 0.5) is 0 Å². The smallest absolute Gasteiger partial charge is 0.248 e. The molecule has 0 unspecified atom stereocenters. The molecule has 0 aliphatic carbocycles. The number of H-pyrrole nitrogens is 1. The number of aromatic nitrogens is 1. The molecule has 0 amide bonds. The Morgan fingerprint density at radius 3 is 2.45 bits per heavy atom. The summed E-state index contributed by atoms with van der Waals surface area (Å²) in [4.78, 5) is 13.3. The van der Waals surface area contributed by atoms with Crippen LogP contribution in [0.25, 0.3) is 0 Å². The third-order valence-electron chi connectivity index (χ3n) is 1.47. The molecule has 1 aromatic heterocycles. The van der Waals surface area contributed by atoms with E-state index in [4.69, 9.17) is 0 Å². The molecule has 0 aliphatic rings. The Morgan fingerprint density at radius 1 is 1.45 bits per heavy atom. The van der Waals surface area contributed by atoms with Crippen LogP contribution in [0, 0.1) is 0 Å². The van der Waals surface area contributed by atoms with Crippen LogP contribution < -0.4 is 5.56 Å². The summed E-state index contributed by atoms with van der Waals surface area (Å²) in [6.45, 7) is 4.13. The number of hydrogen-bond acceptors (Lipinski definition) is 1. The normalized spacial score (nSPS) is 9.36. The molecule has 1 aromatic rings. The molecule has 0 bridgehead atoms. The fourth-order valence-corrected chi connectivity index (χ4v) is 0.820. The van der Waals surface area contributed by atoms with Gasteiger partial charge in [-0.05, 0) is 17.5 Å². The van der Waals surface area contributed by atoms with E-state index in [1.807, 2.05) is 6.07 Å². The molecule has 0 saturated heterocycles. The van der Waals surface area contributed by atoms with Gasteiger partial charge < -0.3 is 4.98 Å². The van der Waals surface area contributed by atoms with Crippen LogP contribution >= 0.6 is 0 Å². The van der Waals surface area contributed by atoms with Crippen LogP contribution in [0.15, 0.2) is 23.1 Å². The molecule has 0 atom stereocenters. The van der Waals surface area contributed by atoms with Crippen LogP contribution in [0.2, 0.25) is 0 Å². The van der Waals surface area contributed by atoms with Gasteiger partial charge in [-0.1, -0.05) is 21.3 Å². The first kappa shape index (κ1) is 9.95. The summed E-state index contributed by atoms with van der Waals surface area (Å²) in [6.07, 6.45) is 1.68. The van der Waals surface area contributed by atoms with Crippen molar-refractivity contribution < 1.29 is 0 Å². The van der Waals surface area contributed by atoms with Gasteiger partial charge in [-0.3, -0.25) is 4.79 Å². The average Bonchev–Trinajstić information content (AvgIpc) is 1.88. The Labute approximate surface area is 67.3 Å². The number of aromatic amines is 1. The second-order valence-corrected chi connectivity index (χ2v) is 2.64. The molecule has 0 fully saturated rings. The van der Waals surface area contributed by atoms with Crippen LogP contribution in [-0.2, 0) is 0 Å². The summed E-state index contributed by atoms with van der Waals surface area (Å²) in [5, 5.41) is 0. The van der Waals surface area contributed by atoms with E-state index < -0.39 is 0 Å². The highest BCUT2D eigenvalue weighted by molar-refractivity contribution is 5.13. The maximum absolute atomic E-state index is 10.7. The monoisotopic (exact) mass is 153 g/mol. The lowest BCUT2D eigenvalue weighted by atomic mass is 10.1. The zero-order valence-electron chi connectivity index (χ0n) is 6.22. The molecule has 62 valence electrons. The summed E-state index contributed by atoms with van der Waals surface area (Å²) in [5.41, 5.74) is 1.06. The lowest BCUT2D eigenvalue weighted by Crippen LogP contribution is -2.04. The fraction of sp³-hybridized carbons (Fsp3) is 0.444. The Morgan fingerprint density at radius 2 is 2.09 bits per heavy atom. The van der Waals surface area contributed by atoms with Crippen LogP contribution in [-0.4, -0.2) is 4.98 Å². The van der Waals surface area contributed by atoms with Crippen molar-refractivity contribution in [2.24, 2.45) is 0 Å². The van der Waals surface area contributed by atoms with E-state index >= 15 is 0 Å². The highest BCUT2D eigenvalue weighted by Gasteiger charge is 1.96. The molecular formula is C9H15NO. The Balaban J connectivity index is 0.000001000. The van der Waals surface area contributed by atoms with E-state index in [0.29, 0.717) is 5.92 Å². The third kappa shape index (κ3) is 2.58. The lowest BCUT2D eigenvalue weighted by Gasteiger charge is -2.01. The minimum atomic E-state index is -0.0220. The molecule has 1 N–H and O–H groups in total. The Kier molecular flexibility index (Phi) is 3.58. The number of hydrogen-bond donors (Lipinski definition) is 1. The quantitative estimate of drug-likeness (QED) is 0.658. The van der Waals surface area contributed by atoms with Gasteiger partial charge in [0, 0.05) is 12.3 Å². The maximum Gasteiger partial charge on any atom is 0.248 e. The first-order valence-corrected chi connectivity index (χ1v) is 3.39. The molecule has 1 rings (SSSR count). The molecule has 11 heavy (non-hydrogen) atoms. The lowest BCUT2D eigenvalue weighted by molar-refractivity contribution is 0.859. The van der Waals surface area contributed by atoms with Gasteiger partial charge >= 0.3 is 0 Å². The van der Waals surface area contributed by atoms with Crippen molar-refractivity contribution >= 4 is 0 Å². The Bertz CT molecular complexity index is 262. The van der Waals surface area contributed by atoms with Crippen molar-refractivity contribution in [2.45, 2.75) is 27.2 Å². The van der Waals surface area contributed by atoms with Gasteiger partial charge in [0.2, 0.25) is 5.56 Å². The highest BCUT2D eigenvalue weighted by atomic mass is 16.1. The first-order chi connectivity index (χ1) is 4.70. The van der Waals surface area contributed by atoms with E-state index in [0.717, 1.165) is 5.56 Å². The molecule has 0 spiro atoms. The fourth-order valence-electron chi connectivity index (χ4n) is 0.820. The largest absolute Gasteiger partial charge is 0.329 e. The second-order valence-electron chi connectivity index (χ2n) is 2.64. The standard InChI is InChI=1S/C8H11NO.CH4/c1-6(2)7-3-4-9-8(10)5-7;/h3-6H,1-2H3,(H,9,10);1H4. The van der Waals surface area contributed by atoms with E-state index in [2.05, 4.69) is 18.8 Å². The molecule has 1 heterocycles. The van der Waals surface area contributed by atoms with Crippen LogP contribution in [0.3, 0.4) is 0 Å². The van der Waals surface area contributed by atoms with Crippen molar-refractivity contribution in [1.82, 2.24) is 4.98 Å². The van der Waals surface area contributed by atoms with Crippen molar-refractivity contribution in [3.05, 3.63) is 34.2 Å². The predicted octanol–water partition coefficient (Wildman–Crippen LogP) is 2.13. The molecule has 0 aliphatic heterocycles. The van der Waals surface area contributed by atoms with Crippen molar-refractivity contribution in [3.63, 3.8) is 0 Å². The van der Waals surface area contributed by atoms with Crippen molar-refractivity contribution in [3.8, 4) is 0 Å². The van der Waals surface area contributed by atoms with E-state index in [1.165, 1.54) is 0 Å². The van der Waals surface area contributed by atoms with Crippen molar-refractivity contribution in [2.75, 3.05) is 0 Å². The topological polar surface area (TPSA) is 32.9 Å². The van der Waals surface area contributed by atoms with Crippen LogP contribution in [0.5, 0.6) is 0 Å². The molecule has 2 heteroatoms. The van der Waals surface area contributed by atoms with Crippen LogP contribution in [0.1, 0.15) is 32.8 Å². The van der Waals surface area contributed by atoms with Gasteiger partial charge in [-0.25, -0.2) is 0 Å². The SMILES string of the molecule is C.CC(C)c1cc[nH]c(=O)c1. The number of nitrogens with one attached hydrogen (secondary N) is 1. The minimum absolute atomic E-state index is 0. The zero-order valence-corrected chi connectivity index (χ0v) is 6.22. The summed E-state index contributed by atoms with van der Waals surface area (Å²) in [6, 6.07) is 3.55. The zero-order chi connectivity index (χ0) is 7.56. The van der Waals surface area contributed by atoms with Gasteiger partial charge in [0.25, 0.3) is 0 Å². The Hall–Kier alpha value is -1.05. The average molecular weight is 153 g/mol. The molecule has 0 radical (unpaired) electrons. The highest BCUT2D eigenvalue weighted by Crippen LogP contribution is 2.09. The van der Waals surface area contributed by atoms with Crippen molar-refractivity contribution in [1.29, 1.82) is 0 Å². The third-order valence-corrected chi connectivity index (χ3v) is 1.47. The molecule has 0 saturated carbocycles. The van der Waals surface area contributed by atoms with Gasteiger partial charge in [0.15, 0.2) is 0 Å².